The van der Waals surface area contributed by atoms with Crippen molar-refractivity contribution >= 4 is 34.4 Å². The predicted molar refractivity (Wildman–Crippen MR) is 134 cm³/mol. The van der Waals surface area contributed by atoms with E-state index in [0.29, 0.717) is 19.4 Å². The van der Waals surface area contributed by atoms with E-state index < -0.39 is 12.1 Å². The highest BCUT2D eigenvalue weighted by atomic mass is 32.1. The summed E-state index contributed by atoms with van der Waals surface area (Å²) in [5.74, 6) is -1.01. The SMILES string of the molecule is CC(CCNC(=O)c1csc(NC(=O)OCC2c3ccccc3-c3ccccc32)n1)CCC(=O)O. The Balaban J connectivity index is 1.26. The minimum absolute atomic E-state index is 0.0383. The van der Waals surface area contributed by atoms with Crippen molar-refractivity contribution in [2.45, 2.75) is 32.1 Å². The van der Waals surface area contributed by atoms with Gasteiger partial charge in [0, 0.05) is 24.3 Å². The normalized spacial score (nSPS) is 12.9. The molecule has 2 aromatic carbocycles. The van der Waals surface area contributed by atoms with E-state index in [-0.39, 0.29) is 41.6 Å². The summed E-state index contributed by atoms with van der Waals surface area (Å²) in [7, 11) is 0. The number of nitrogens with zero attached hydrogens (tertiary/aromatic N) is 1. The first-order chi connectivity index (χ1) is 16.9. The molecule has 2 amide bonds. The Morgan fingerprint density at radius 3 is 2.37 bits per heavy atom. The highest BCUT2D eigenvalue weighted by molar-refractivity contribution is 7.14. The average Bonchev–Trinajstić information content (AvgIpc) is 3.44. The molecule has 0 fully saturated rings. The van der Waals surface area contributed by atoms with Crippen LogP contribution < -0.4 is 10.6 Å². The van der Waals surface area contributed by atoms with Crippen LogP contribution in [0.3, 0.4) is 0 Å². The molecule has 1 heterocycles. The number of fused-ring (bicyclic) bond motifs is 3. The molecule has 1 aliphatic rings. The number of nitrogens with one attached hydrogen (secondary N) is 2. The summed E-state index contributed by atoms with van der Waals surface area (Å²) in [5.41, 5.74) is 4.79. The molecule has 1 unspecified atom stereocenters. The van der Waals surface area contributed by atoms with Gasteiger partial charge in [0.05, 0.1) is 0 Å². The van der Waals surface area contributed by atoms with E-state index in [4.69, 9.17) is 9.84 Å². The van der Waals surface area contributed by atoms with E-state index in [2.05, 4.69) is 39.9 Å². The van der Waals surface area contributed by atoms with Crippen molar-refractivity contribution in [1.29, 1.82) is 0 Å². The van der Waals surface area contributed by atoms with Gasteiger partial charge in [-0.3, -0.25) is 14.9 Å². The zero-order chi connectivity index (χ0) is 24.8. The van der Waals surface area contributed by atoms with Crippen LogP contribution in [0.15, 0.2) is 53.9 Å². The maximum absolute atomic E-state index is 12.4. The number of amides is 2. The van der Waals surface area contributed by atoms with Crippen LogP contribution in [0.1, 0.15) is 53.7 Å². The molecule has 0 bridgehead atoms. The molecule has 3 N–H and O–H groups in total. The summed E-state index contributed by atoms with van der Waals surface area (Å²) >= 11 is 1.14. The number of ether oxygens (including phenoxy) is 1. The molecule has 3 aromatic rings. The standard InChI is InChI=1S/C26H27N3O5S/c1-16(10-11-23(30)31)12-13-27-24(32)22-15-35-25(28-22)29-26(33)34-14-21-19-8-4-2-6-17(19)18-7-3-5-9-20(18)21/h2-9,15-16,21H,10-14H2,1H3,(H,27,32)(H,30,31)(H,28,29,33). The van der Waals surface area contributed by atoms with Gasteiger partial charge in [-0.25, -0.2) is 9.78 Å². The Hall–Kier alpha value is -3.72. The number of hydrogen-bond acceptors (Lipinski definition) is 6. The molecule has 1 atom stereocenters. The number of carbonyl (C=O) groups excluding carboxylic acids is 2. The lowest BCUT2D eigenvalue weighted by atomic mass is 9.98. The van der Waals surface area contributed by atoms with Gasteiger partial charge in [-0.2, -0.15) is 0 Å². The summed E-state index contributed by atoms with van der Waals surface area (Å²) in [6, 6.07) is 16.2. The van der Waals surface area contributed by atoms with Crippen molar-refractivity contribution < 1.29 is 24.2 Å². The lowest BCUT2D eigenvalue weighted by Gasteiger charge is -2.14. The third-order valence-corrected chi connectivity index (χ3v) is 6.82. The second-order valence-corrected chi connectivity index (χ2v) is 9.43. The number of aliphatic carboxylic acids is 1. The van der Waals surface area contributed by atoms with E-state index >= 15 is 0 Å². The monoisotopic (exact) mass is 493 g/mol. The number of carboxylic acid groups (broad SMARTS) is 1. The zero-order valence-electron chi connectivity index (χ0n) is 19.3. The van der Waals surface area contributed by atoms with E-state index in [1.165, 1.54) is 0 Å². The summed E-state index contributed by atoms with van der Waals surface area (Å²) in [6.07, 6.45) is 0.733. The summed E-state index contributed by atoms with van der Waals surface area (Å²) in [5, 5.41) is 16.0. The third kappa shape index (κ3) is 6.05. The summed E-state index contributed by atoms with van der Waals surface area (Å²) in [4.78, 5) is 39.6. The molecule has 4 rings (SSSR count). The largest absolute Gasteiger partial charge is 0.481 e. The van der Waals surface area contributed by atoms with E-state index in [0.717, 1.165) is 33.6 Å². The van der Waals surface area contributed by atoms with Gasteiger partial charge in [-0.1, -0.05) is 55.5 Å². The van der Waals surface area contributed by atoms with Crippen molar-refractivity contribution in [3.8, 4) is 11.1 Å². The maximum atomic E-state index is 12.4. The van der Waals surface area contributed by atoms with Crippen molar-refractivity contribution in [3.05, 3.63) is 70.7 Å². The van der Waals surface area contributed by atoms with Gasteiger partial charge in [0.15, 0.2) is 5.13 Å². The van der Waals surface area contributed by atoms with E-state index in [1.54, 1.807) is 5.38 Å². The number of thiazole rings is 1. The Morgan fingerprint density at radius 1 is 1.06 bits per heavy atom. The first kappa shape index (κ1) is 24.4. The molecule has 0 aliphatic heterocycles. The summed E-state index contributed by atoms with van der Waals surface area (Å²) in [6.45, 7) is 2.57. The van der Waals surface area contributed by atoms with Crippen molar-refractivity contribution in [1.82, 2.24) is 10.3 Å². The first-order valence-electron chi connectivity index (χ1n) is 11.5. The van der Waals surface area contributed by atoms with Gasteiger partial charge >= 0.3 is 12.1 Å². The molecule has 35 heavy (non-hydrogen) atoms. The average molecular weight is 494 g/mol. The van der Waals surface area contributed by atoms with Crippen LogP contribution in [-0.2, 0) is 9.53 Å². The van der Waals surface area contributed by atoms with Gasteiger partial charge in [-0.15, -0.1) is 11.3 Å². The molecule has 0 saturated carbocycles. The highest BCUT2D eigenvalue weighted by Crippen LogP contribution is 2.44. The van der Waals surface area contributed by atoms with Crippen LogP contribution in [0.2, 0.25) is 0 Å². The van der Waals surface area contributed by atoms with Crippen LogP contribution in [0.25, 0.3) is 11.1 Å². The Kier molecular flexibility index (Phi) is 7.77. The van der Waals surface area contributed by atoms with Crippen LogP contribution >= 0.6 is 11.3 Å². The second-order valence-electron chi connectivity index (χ2n) is 8.57. The van der Waals surface area contributed by atoms with Gasteiger partial charge in [0.1, 0.15) is 12.3 Å². The fourth-order valence-electron chi connectivity index (χ4n) is 4.19. The molecule has 0 spiro atoms. The number of carboxylic acids is 1. The van der Waals surface area contributed by atoms with E-state index in [9.17, 15) is 14.4 Å². The third-order valence-electron chi connectivity index (χ3n) is 6.06. The molecule has 8 nitrogen and oxygen atoms in total. The number of hydrogen-bond donors (Lipinski definition) is 3. The Bertz CT molecular complexity index is 1180. The van der Waals surface area contributed by atoms with E-state index in [1.807, 2.05) is 31.2 Å². The highest BCUT2D eigenvalue weighted by Gasteiger charge is 2.29. The zero-order valence-corrected chi connectivity index (χ0v) is 20.1. The second kappa shape index (κ2) is 11.1. The molecular weight excluding hydrogens is 466 g/mol. The number of aromatic nitrogens is 1. The van der Waals surface area contributed by atoms with Crippen molar-refractivity contribution in [2.75, 3.05) is 18.5 Å². The van der Waals surface area contributed by atoms with Crippen molar-refractivity contribution in [3.63, 3.8) is 0 Å². The minimum Gasteiger partial charge on any atom is -0.481 e. The van der Waals surface area contributed by atoms with Gasteiger partial charge < -0.3 is 15.2 Å². The molecule has 182 valence electrons. The Labute approximate surface area is 207 Å². The molecule has 0 saturated heterocycles. The van der Waals surface area contributed by atoms with Crippen LogP contribution in [0.4, 0.5) is 9.93 Å². The number of rotatable bonds is 10. The van der Waals surface area contributed by atoms with Crippen molar-refractivity contribution in [2.24, 2.45) is 5.92 Å². The van der Waals surface area contributed by atoms with Gasteiger partial charge in [0.2, 0.25) is 0 Å². The molecule has 0 radical (unpaired) electrons. The van der Waals surface area contributed by atoms with Crippen LogP contribution in [0.5, 0.6) is 0 Å². The number of carbonyl (C=O) groups is 3. The summed E-state index contributed by atoms with van der Waals surface area (Å²) < 4.78 is 5.52. The minimum atomic E-state index is -0.820. The first-order valence-corrected chi connectivity index (χ1v) is 12.4. The number of benzene rings is 2. The number of anilines is 1. The molecule has 1 aliphatic carbocycles. The van der Waals surface area contributed by atoms with Crippen LogP contribution in [0, 0.1) is 5.92 Å². The van der Waals surface area contributed by atoms with Crippen LogP contribution in [-0.4, -0.2) is 41.2 Å². The quantitative estimate of drug-likeness (QED) is 0.361. The predicted octanol–water partition coefficient (Wildman–Crippen LogP) is 5.12. The Morgan fingerprint density at radius 2 is 1.71 bits per heavy atom. The fraction of sp³-hybridized carbons (Fsp3) is 0.308. The van der Waals surface area contributed by atoms with Gasteiger partial charge in [-0.05, 0) is 41.0 Å². The van der Waals surface area contributed by atoms with Gasteiger partial charge in [0.25, 0.3) is 5.91 Å². The topological polar surface area (TPSA) is 118 Å². The lowest BCUT2D eigenvalue weighted by molar-refractivity contribution is -0.137. The maximum Gasteiger partial charge on any atom is 0.413 e. The molecule has 1 aromatic heterocycles. The fourth-order valence-corrected chi connectivity index (χ4v) is 4.87. The molecular formula is C26H27N3O5S. The lowest BCUT2D eigenvalue weighted by Crippen LogP contribution is -2.26. The molecule has 9 heteroatoms. The smallest absolute Gasteiger partial charge is 0.413 e.